The SMILES string of the molecule is COC(=O)c1cc(CO)cc(-c2cccnc2C)c1. The minimum atomic E-state index is -0.418. The van der Waals surface area contributed by atoms with Gasteiger partial charge >= 0.3 is 5.97 Å². The molecule has 1 N–H and O–H groups in total. The van der Waals surface area contributed by atoms with E-state index in [-0.39, 0.29) is 6.61 Å². The molecule has 0 saturated heterocycles. The number of rotatable bonds is 3. The Kier molecular flexibility index (Phi) is 3.92. The lowest BCUT2D eigenvalue weighted by Gasteiger charge is -2.09. The molecule has 0 atom stereocenters. The second-order valence-corrected chi connectivity index (χ2v) is 4.20. The minimum absolute atomic E-state index is 0.128. The zero-order valence-electron chi connectivity index (χ0n) is 10.9. The first-order chi connectivity index (χ1) is 9.15. The molecule has 2 rings (SSSR count). The molecular formula is C15H15NO3. The van der Waals surface area contributed by atoms with E-state index in [1.54, 1.807) is 18.3 Å². The van der Waals surface area contributed by atoms with Gasteiger partial charge in [0.05, 0.1) is 19.3 Å². The average Bonchev–Trinajstić information content (AvgIpc) is 2.46. The number of benzene rings is 1. The van der Waals surface area contributed by atoms with Gasteiger partial charge < -0.3 is 9.84 Å². The first kappa shape index (κ1) is 13.2. The summed E-state index contributed by atoms with van der Waals surface area (Å²) in [6.45, 7) is 1.77. The second kappa shape index (κ2) is 5.63. The highest BCUT2D eigenvalue weighted by Gasteiger charge is 2.11. The maximum absolute atomic E-state index is 11.6. The monoisotopic (exact) mass is 257 g/mol. The van der Waals surface area contributed by atoms with Crippen LogP contribution in [-0.4, -0.2) is 23.2 Å². The summed E-state index contributed by atoms with van der Waals surface area (Å²) in [5, 5.41) is 9.29. The van der Waals surface area contributed by atoms with Crippen LogP contribution in [0.4, 0.5) is 0 Å². The number of nitrogens with zero attached hydrogens (tertiary/aromatic N) is 1. The van der Waals surface area contributed by atoms with Crippen LogP contribution in [0.5, 0.6) is 0 Å². The van der Waals surface area contributed by atoms with Gasteiger partial charge in [0.1, 0.15) is 0 Å². The van der Waals surface area contributed by atoms with E-state index in [4.69, 9.17) is 4.74 Å². The van der Waals surface area contributed by atoms with Crippen molar-refractivity contribution in [3.8, 4) is 11.1 Å². The lowest BCUT2D eigenvalue weighted by Crippen LogP contribution is -2.03. The van der Waals surface area contributed by atoms with Crippen molar-refractivity contribution in [2.45, 2.75) is 13.5 Å². The summed E-state index contributed by atoms with van der Waals surface area (Å²) < 4.78 is 4.72. The Labute approximate surface area is 111 Å². The predicted molar refractivity (Wildman–Crippen MR) is 71.7 cm³/mol. The standard InChI is InChI=1S/C15H15NO3/c1-10-14(4-3-5-16-10)12-6-11(9-17)7-13(8-12)15(18)19-2/h3-8,17H,9H2,1-2H3. The van der Waals surface area contributed by atoms with Crippen molar-refractivity contribution >= 4 is 5.97 Å². The third kappa shape index (κ3) is 2.80. The number of carbonyl (C=O) groups excluding carboxylic acids is 1. The summed E-state index contributed by atoms with van der Waals surface area (Å²) in [6, 6.07) is 8.98. The van der Waals surface area contributed by atoms with Gasteiger partial charge in [-0.25, -0.2) is 4.79 Å². The maximum atomic E-state index is 11.6. The number of hydrogen-bond donors (Lipinski definition) is 1. The molecule has 0 amide bonds. The van der Waals surface area contributed by atoms with Gasteiger partial charge in [0.25, 0.3) is 0 Å². The lowest BCUT2D eigenvalue weighted by atomic mass is 9.99. The first-order valence-corrected chi connectivity index (χ1v) is 5.91. The van der Waals surface area contributed by atoms with Crippen molar-refractivity contribution in [2.24, 2.45) is 0 Å². The van der Waals surface area contributed by atoms with Crippen LogP contribution in [0.3, 0.4) is 0 Å². The van der Waals surface area contributed by atoms with E-state index < -0.39 is 5.97 Å². The van der Waals surface area contributed by atoms with Gasteiger partial charge in [0.15, 0.2) is 0 Å². The van der Waals surface area contributed by atoms with Crippen LogP contribution in [-0.2, 0) is 11.3 Å². The molecule has 1 heterocycles. The molecule has 0 unspecified atom stereocenters. The first-order valence-electron chi connectivity index (χ1n) is 5.91. The van der Waals surface area contributed by atoms with Crippen molar-refractivity contribution in [1.82, 2.24) is 4.98 Å². The van der Waals surface area contributed by atoms with Gasteiger partial charge in [-0.15, -0.1) is 0 Å². The van der Waals surface area contributed by atoms with Gasteiger partial charge in [-0.3, -0.25) is 4.98 Å². The normalized spacial score (nSPS) is 10.3. The number of pyridine rings is 1. The van der Waals surface area contributed by atoms with Crippen molar-refractivity contribution in [1.29, 1.82) is 0 Å². The van der Waals surface area contributed by atoms with Crippen molar-refractivity contribution in [3.63, 3.8) is 0 Å². The molecule has 0 bridgehead atoms. The Balaban J connectivity index is 2.57. The van der Waals surface area contributed by atoms with Crippen LogP contribution < -0.4 is 0 Å². The van der Waals surface area contributed by atoms with E-state index in [0.717, 1.165) is 16.8 Å². The van der Waals surface area contributed by atoms with Crippen LogP contribution in [0, 0.1) is 6.92 Å². The number of carbonyl (C=O) groups is 1. The average molecular weight is 257 g/mol. The zero-order valence-corrected chi connectivity index (χ0v) is 10.9. The molecule has 0 radical (unpaired) electrons. The summed E-state index contributed by atoms with van der Waals surface area (Å²) in [5.74, 6) is -0.418. The highest BCUT2D eigenvalue weighted by Crippen LogP contribution is 2.25. The summed E-state index contributed by atoms with van der Waals surface area (Å²) in [5.41, 5.74) is 3.74. The van der Waals surface area contributed by atoms with Crippen LogP contribution >= 0.6 is 0 Å². The number of esters is 1. The molecule has 4 heteroatoms. The van der Waals surface area contributed by atoms with Crippen molar-refractivity contribution in [2.75, 3.05) is 7.11 Å². The summed E-state index contributed by atoms with van der Waals surface area (Å²) >= 11 is 0. The Morgan fingerprint density at radius 1 is 1.37 bits per heavy atom. The van der Waals surface area contributed by atoms with E-state index in [1.807, 2.05) is 25.1 Å². The van der Waals surface area contributed by atoms with Crippen LogP contribution in [0.1, 0.15) is 21.6 Å². The van der Waals surface area contributed by atoms with E-state index in [1.165, 1.54) is 7.11 Å². The van der Waals surface area contributed by atoms with Gasteiger partial charge in [-0.05, 0) is 42.3 Å². The molecule has 0 aliphatic carbocycles. The highest BCUT2D eigenvalue weighted by molar-refractivity contribution is 5.91. The summed E-state index contributed by atoms with van der Waals surface area (Å²) in [7, 11) is 1.34. The maximum Gasteiger partial charge on any atom is 0.337 e. The van der Waals surface area contributed by atoms with Gasteiger partial charge in [0.2, 0.25) is 0 Å². The van der Waals surface area contributed by atoms with Gasteiger partial charge in [-0.1, -0.05) is 6.07 Å². The Morgan fingerprint density at radius 2 is 2.16 bits per heavy atom. The molecule has 1 aromatic carbocycles. The quantitative estimate of drug-likeness (QED) is 0.857. The highest BCUT2D eigenvalue weighted by atomic mass is 16.5. The summed E-state index contributed by atoms with van der Waals surface area (Å²) in [4.78, 5) is 15.9. The molecule has 0 aliphatic rings. The fourth-order valence-electron chi connectivity index (χ4n) is 1.96. The number of aryl methyl sites for hydroxylation is 1. The fourth-order valence-corrected chi connectivity index (χ4v) is 1.96. The number of aliphatic hydroxyl groups is 1. The number of methoxy groups -OCH3 is 1. The van der Waals surface area contributed by atoms with Crippen LogP contribution in [0.15, 0.2) is 36.5 Å². The van der Waals surface area contributed by atoms with Crippen molar-refractivity contribution in [3.05, 3.63) is 53.3 Å². The van der Waals surface area contributed by atoms with Gasteiger partial charge in [0, 0.05) is 17.5 Å². The van der Waals surface area contributed by atoms with E-state index in [2.05, 4.69) is 4.98 Å². The third-order valence-electron chi connectivity index (χ3n) is 2.91. The molecule has 0 fully saturated rings. The molecule has 4 nitrogen and oxygen atoms in total. The third-order valence-corrected chi connectivity index (χ3v) is 2.91. The van der Waals surface area contributed by atoms with E-state index >= 15 is 0 Å². The Bertz CT molecular complexity index is 608. The van der Waals surface area contributed by atoms with E-state index in [9.17, 15) is 9.90 Å². The molecule has 19 heavy (non-hydrogen) atoms. The molecule has 0 aliphatic heterocycles. The number of ether oxygens (including phenoxy) is 1. The number of aromatic nitrogens is 1. The zero-order chi connectivity index (χ0) is 13.8. The number of aliphatic hydroxyl groups excluding tert-OH is 1. The van der Waals surface area contributed by atoms with E-state index in [0.29, 0.717) is 11.1 Å². The van der Waals surface area contributed by atoms with Crippen LogP contribution in [0.25, 0.3) is 11.1 Å². The lowest BCUT2D eigenvalue weighted by molar-refractivity contribution is 0.0600. The Morgan fingerprint density at radius 3 is 2.79 bits per heavy atom. The predicted octanol–water partition coefficient (Wildman–Crippen LogP) is 2.34. The molecule has 0 saturated carbocycles. The van der Waals surface area contributed by atoms with Gasteiger partial charge in [-0.2, -0.15) is 0 Å². The van der Waals surface area contributed by atoms with Crippen molar-refractivity contribution < 1.29 is 14.6 Å². The second-order valence-electron chi connectivity index (χ2n) is 4.20. The van der Waals surface area contributed by atoms with Crippen LogP contribution in [0.2, 0.25) is 0 Å². The molecule has 0 spiro atoms. The fraction of sp³-hybridized carbons (Fsp3) is 0.200. The Hall–Kier alpha value is -2.20. The summed E-state index contributed by atoms with van der Waals surface area (Å²) in [6.07, 6.45) is 1.72. The molecule has 98 valence electrons. The minimum Gasteiger partial charge on any atom is -0.465 e. The largest absolute Gasteiger partial charge is 0.465 e. The topological polar surface area (TPSA) is 59.4 Å². The molecule has 2 aromatic rings. The molecular weight excluding hydrogens is 242 g/mol. The number of hydrogen-bond acceptors (Lipinski definition) is 4. The smallest absolute Gasteiger partial charge is 0.337 e. The molecule has 1 aromatic heterocycles.